The quantitative estimate of drug-likeness (QED) is 0.839. The summed E-state index contributed by atoms with van der Waals surface area (Å²) in [6.45, 7) is 2.73. The van der Waals surface area contributed by atoms with Crippen molar-refractivity contribution in [2.75, 3.05) is 16.8 Å². The van der Waals surface area contributed by atoms with Gasteiger partial charge in [-0.05, 0) is 44.2 Å². The van der Waals surface area contributed by atoms with Crippen LogP contribution in [0.5, 0.6) is 5.75 Å². The molecule has 0 saturated heterocycles. The third kappa shape index (κ3) is 3.97. The zero-order chi connectivity index (χ0) is 19.6. The van der Waals surface area contributed by atoms with Gasteiger partial charge in [-0.25, -0.2) is 4.39 Å². The second-order valence-electron chi connectivity index (χ2n) is 6.37. The van der Waals surface area contributed by atoms with E-state index in [4.69, 9.17) is 4.74 Å². The van der Waals surface area contributed by atoms with Crippen molar-refractivity contribution in [2.24, 2.45) is 0 Å². The molecule has 1 heterocycles. The molecule has 0 saturated carbocycles. The number of halogens is 1. The van der Waals surface area contributed by atoms with Crippen molar-refractivity contribution in [3.8, 4) is 5.75 Å². The molecule has 27 heavy (non-hydrogen) atoms. The molecule has 0 unspecified atom stereocenters. The Balaban J connectivity index is 1.84. The van der Waals surface area contributed by atoms with Gasteiger partial charge in [-0.3, -0.25) is 14.4 Å². The molecule has 1 aliphatic rings. The molecule has 1 atom stereocenters. The van der Waals surface area contributed by atoms with Gasteiger partial charge in [0.05, 0.1) is 16.9 Å². The summed E-state index contributed by atoms with van der Waals surface area (Å²) in [5, 5.41) is 2.78. The lowest BCUT2D eigenvalue weighted by atomic mass is 10.1. The Labute approximate surface area is 155 Å². The highest BCUT2D eigenvalue weighted by Crippen LogP contribution is 2.31. The first-order valence-electron chi connectivity index (χ1n) is 8.51. The number of carbonyl (C=O) groups is 3. The van der Waals surface area contributed by atoms with Gasteiger partial charge in [0, 0.05) is 12.5 Å². The summed E-state index contributed by atoms with van der Waals surface area (Å²) in [5.41, 5.74) is 1.20. The van der Waals surface area contributed by atoms with Crippen molar-refractivity contribution in [2.45, 2.75) is 26.3 Å². The average Bonchev–Trinajstić information content (AvgIpc) is 2.74. The van der Waals surface area contributed by atoms with Crippen molar-refractivity contribution in [1.29, 1.82) is 0 Å². The molecule has 2 aromatic rings. The van der Waals surface area contributed by atoms with Gasteiger partial charge in [0.1, 0.15) is 11.6 Å². The number of ether oxygens (including phenoxy) is 1. The largest absolute Gasteiger partial charge is 0.483 e. The summed E-state index contributed by atoms with van der Waals surface area (Å²) in [6, 6.07) is 10.2. The Bertz CT molecular complexity index is 913. The van der Waals surface area contributed by atoms with Gasteiger partial charge in [0.25, 0.3) is 5.91 Å². The van der Waals surface area contributed by atoms with Gasteiger partial charge in [0.2, 0.25) is 5.91 Å². The number of amides is 2. The number of ketones is 1. The summed E-state index contributed by atoms with van der Waals surface area (Å²) in [7, 11) is 0. The maximum Gasteiger partial charge on any atom is 0.265 e. The van der Waals surface area contributed by atoms with E-state index >= 15 is 0 Å². The van der Waals surface area contributed by atoms with E-state index in [2.05, 4.69) is 5.32 Å². The Morgan fingerprint density at radius 1 is 1.26 bits per heavy atom. The fourth-order valence-corrected chi connectivity index (χ4v) is 3.08. The third-order valence-corrected chi connectivity index (χ3v) is 4.30. The number of nitrogens with one attached hydrogen (secondary N) is 1. The maximum atomic E-state index is 13.4. The monoisotopic (exact) mass is 370 g/mol. The second kappa shape index (κ2) is 7.57. The molecule has 7 heteroatoms. The lowest BCUT2D eigenvalue weighted by molar-refractivity contribution is -0.121. The summed E-state index contributed by atoms with van der Waals surface area (Å²) >= 11 is 0. The van der Waals surface area contributed by atoms with Gasteiger partial charge in [-0.15, -0.1) is 0 Å². The van der Waals surface area contributed by atoms with E-state index in [1.165, 1.54) is 24.0 Å². The number of fused-ring (bicyclic) bond motifs is 1. The maximum absolute atomic E-state index is 13.4. The molecule has 1 aliphatic heterocycles. The van der Waals surface area contributed by atoms with Crippen LogP contribution in [0.2, 0.25) is 0 Å². The fourth-order valence-electron chi connectivity index (χ4n) is 3.08. The Morgan fingerprint density at radius 3 is 2.74 bits per heavy atom. The molecule has 6 nitrogen and oxygen atoms in total. The summed E-state index contributed by atoms with van der Waals surface area (Å²) < 4.78 is 18.9. The summed E-state index contributed by atoms with van der Waals surface area (Å²) in [5.74, 6) is -1.32. The van der Waals surface area contributed by atoms with Crippen molar-refractivity contribution < 1.29 is 23.5 Å². The smallest absolute Gasteiger partial charge is 0.265 e. The first-order valence-corrected chi connectivity index (χ1v) is 8.51. The van der Waals surface area contributed by atoms with Crippen LogP contribution in [0.1, 0.15) is 30.6 Å². The van der Waals surface area contributed by atoms with Crippen LogP contribution in [0.15, 0.2) is 42.5 Å². The van der Waals surface area contributed by atoms with Crippen LogP contribution in [0.25, 0.3) is 0 Å². The summed E-state index contributed by atoms with van der Waals surface area (Å²) in [4.78, 5) is 38.0. The third-order valence-electron chi connectivity index (χ3n) is 4.30. The molecule has 0 radical (unpaired) electrons. The lowest BCUT2D eigenvalue weighted by Crippen LogP contribution is -2.41. The number of hydrogen-bond donors (Lipinski definition) is 1. The molecule has 2 aromatic carbocycles. The van der Waals surface area contributed by atoms with Crippen LogP contribution in [0, 0.1) is 5.82 Å². The van der Waals surface area contributed by atoms with Crippen LogP contribution in [0.3, 0.4) is 0 Å². The minimum Gasteiger partial charge on any atom is -0.483 e. The highest BCUT2D eigenvalue weighted by atomic mass is 19.1. The molecule has 3 rings (SSSR count). The molecule has 0 spiro atoms. The molecule has 0 aliphatic carbocycles. The molecule has 2 amide bonds. The van der Waals surface area contributed by atoms with Gasteiger partial charge < -0.3 is 15.0 Å². The number of rotatable bonds is 4. The van der Waals surface area contributed by atoms with Crippen molar-refractivity contribution in [1.82, 2.24) is 0 Å². The molecule has 0 bridgehead atoms. The molecule has 1 N–H and O–H groups in total. The first kappa shape index (κ1) is 18.6. The molecular formula is C20H19FN2O4. The average molecular weight is 370 g/mol. The molecular weight excluding hydrogens is 351 g/mol. The van der Waals surface area contributed by atoms with Gasteiger partial charge in [-0.1, -0.05) is 12.1 Å². The number of Topliss-reactive ketones (excluding diaryl/α,β-unsaturated/α-hetero) is 1. The number of benzene rings is 2. The number of anilines is 2. The molecule has 0 aromatic heterocycles. The van der Waals surface area contributed by atoms with E-state index in [1.54, 1.807) is 31.2 Å². The van der Waals surface area contributed by atoms with Crippen molar-refractivity contribution in [3.63, 3.8) is 0 Å². The van der Waals surface area contributed by atoms with E-state index in [0.29, 0.717) is 11.4 Å². The Kier molecular flexibility index (Phi) is 5.21. The Morgan fingerprint density at radius 2 is 2.00 bits per heavy atom. The van der Waals surface area contributed by atoms with E-state index in [-0.39, 0.29) is 48.0 Å². The number of nitrogens with zero attached hydrogens (tertiary/aromatic N) is 1. The standard InChI is InChI=1S/C20H19FN2O4/c1-12-9-19(25)22-16-5-3-4-6-17(16)23(12)20(26)11-27-18-8-7-14(21)10-15(18)13(2)24/h3-8,10,12H,9,11H2,1-2H3,(H,22,25)/t12-/m1/s1. The second-order valence-corrected chi connectivity index (χ2v) is 6.37. The number of para-hydroxylation sites is 2. The molecule has 140 valence electrons. The highest BCUT2D eigenvalue weighted by Gasteiger charge is 2.29. The SMILES string of the molecule is CC(=O)c1cc(F)ccc1OCC(=O)N1c2ccccc2NC(=O)C[C@H]1C. The van der Waals surface area contributed by atoms with Crippen LogP contribution < -0.4 is 15.0 Å². The predicted octanol–water partition coefficient (Wildman–Crippen LogP) is 3.17. The minimum absolute atomic E-state index is 0.0731. The van der Waals surface area contributed by atoms with Gasteiger partial charge >= 0.3 is 0 Å². The van der Waals surface area contributed by atoms with Crippen LogP contribution in [0.4, 0.5) is 15.8 Å². The normalized spacial score (nSPS) is 16.2. The van der Waals surface area contributed by atoms with Crippen LogP contribution in [-0.2, 0) is 9.59 Å². The van der Waals surface area contributed by atoms with E-state index in [9.17, 15) is 18.8 Å². The summed E-state index contributed by atoms with van der Waals surface area (Å²) in [6.07, 6.45) is 0.148. The van der Waals surface area contributed by atoms with E-state index < -0.39 is 5.82 Å². The van der Waals surface area contributed by atoms with E-state index in [1.807, 2.05) is 0 Å². The number of hydrogen-bond acceptors (Lipinski definition) is 4. The topological polar surface area (TPSA) is 75.7 Å². The van der Waals surface area contributed by atoms with Crippen molar-refractivity contribution in [3.05, 3.63) is 53.8 Å². The van der Waals surface area contributed by atoms with Gasteiger partial charge in [0.15, 0.2) is 12.4 Å². The van der Waals surface area contributed by atoms with Crippen LogP contribution >= 0.6 is 0 Å². The highest BCUT2D eigenvalue weighted by molar-refractivity contribution is 6.05. The predicted molar refractivity (Wildman–Crippen MR) is 98.5 cm³/mol. The zero-order valence-corrected chi connectivity index (χ0v) is 15.0. The fraction of sp³-hybridized carbons (Fsp3) is 0.250. The van der Waals surface area contributed by atoms with Crippen LogP contribution in [-0.4, -0.2) is 30.2 Å². The first-order chi connectivity index (χ1) is 12.9. The Hall–Kier alpha value is -3.22. The number of carbonyl (C=O) groups excluding carboxylic acids is 3. The zero-order valence-electron chi connectivity index (χ0n) is 15.0. The van der Waals surface area contributed by atoms with Crippen molar-refractivity contribution >= 4 is 29.0 Å². The van der Waals surface area contributed by atoms with E-state index in [0.717, 1.165) is 6.07 Å². The van der Waals surface area contributed by atoms with Gasteiger partial charge in [-0.2, -0.15) is 0 Å². The minimum atomic E-state index is -0.557. The molecule has 0 fully saturated rings. The lowest BCUT2D eigenvalue weighted by Gasteiger charge is -2.27.